The first-order chi connectivity index (χ1) is 13.5. The molecule has 148 valence electrons. The average Bonchev–Trinajstić information content (AvgIpc) is 2.83. The van der Waals surface area contributed by atoms with Crippen molar-refractivity contribution in [1.82, 2.24) is 4.90 Å². The maximum absolute atomic E-state index is 12.6. The fourth-order valence-electron chi connectivity index (χ4n) is 3.09. The van der Waals surface area contributed by atoms with Gasteiger partial charge in [0.2, 0.25) is 0 Å². The fourth-order valence-corrected chi connectivity index (χ4v) is 3.09. The Labute approximate surface area is 165 Å². The van der Waals surface area contributed by atoms with E-state index in [0.29, 0.717) is 23.7 Å². The third-order valence-corrected chi connectivity index (χ3v) is 4.86. The lowest BCUT2D eigenvalue weighted by Gasteiger charge is -2.28. The van der Waals surface area contributed by atoms with Crippen molar-refractivity contribution in [3.05, 3.63) is 54.1 Å². The molecule has 2 amide bonds. The third kappa shape index (κ3) is 4.63. The van der Waals surface area contributed by atoms with Crippen LogP contribution in [-0.4, -0.2) is 35.5 Å². The number of rotatable bonds is 6. The zero-order valence-corrected chi connectivity index (χ0v) is 16.5. The number of para-hydroxylation sites is 1. The summed E-state index contributed by atoms with van der Waals surface area (Å²) in [5.74, 6) is 1.05. The van der Waals surface area contributed by atoms with Gasteiger partial charge in [-0.25, -0.2) is 0 Å². The van der Waals surface area contributed by atoms with E-state index in [-0.39, 0.29) is 24.5 Å². The molecule has 0 bridgehead atoms. The Kier molecular flexibility index (Phi) is 6.19. The van der Waals surface area contributed by atoms with E-state index in [0.717, 1.165) is 12.0 Å². The summed E-state index contributed by atoms with van der Waals surface area (Å²) in [6.07, 6.45) is 0.330. The molecule has 1 aliphatic heterocycles. The Hall–Kier alpha value is -3.02. The number of anilines is 1. The molecule has 6 heteroatoms. The smallest absolute Gasteiger partial charge is 0.263 e. The summed E-state index contributed by atoms with van der Waals surface area (Å²) < 4.78 is 11.3. The van der Waals surface area contributed by atoms with Crippen LogP contribution in [0.4, 0.5) is 5.69 Å². The Bertz CT molecular complexity index is 838. The van der Waals surface area contributed by atoms with Gasteiger partial charge >= 0.3 is 0 Å². The number of hydrogen-bond acceptors (Lipinski definition) is 4. The summed E-state index contributed by atoms with van der Waals surface area (Å²) in [4.78, 5) is 26.7. The zero-order valence-electron chi connectivity index (χ0n) is 16.5. The highest BCUT2D eigenvalue weighted by Crippen LogP contribution is 2.29. The predicted octanol–water partition coefficient (Wildman–Crippen LogP) is 3.61. The molecule has 0 saturated heterocycles. The molecule has 0 spiro atoms. The molecule has 2 aromatic carbocycles. The second kappa shape index (κ2) is 8.78. The van der Waals surface area contributed by atoms with Crippen LogP contribution >= 0.6 is 0 Å². The largest absolute Gasteiger partial charge is 0.484 e. The maximum atomic E-state index is 12.6. The fraction of sp³-hybridized carbons (Fsp3) is 0.364. The number of carbonyl (C=O) groups is 2. The number of amides is 2. The van der Waals surface area contributed by atoms with Gasteiger partial charge in [-0.1, -0.05) is 25.1 Å². The van der Waals surface area contributed by atoms with Crippen molar-refractivity contribution in [3.8, 4) is 11.5 Å². The van der Waals surface area contributed by atoms with Crippen LogP contribution in [0.2, 0.25) is 0 Å². The standard InChI is InChI=1S/C22H26N2O4/c1-4-15(2)24-13-17-12-18(10-11-20(17)28-16(3)22(24)26)23-21(25)14-27-19-8-6-5-7-9-19/h5-12,15-16H,4,13-14H2,1-3H3,(H,23,25)/t15-,16+/m1/s1. The number of benzene rings is 2. The summed E-state index contributed by atoms with van der Waals surface area (Å²) in [7, 11) is 0. The molecule has 1 N–H and O–H groups in total. The van der Waals surface area contributed by atoms with Crippen LogP contribution in [0, 0.1) is 0 Å². The molecule has 0 aromatic heterocycles. The average molecular weight is 382 g/mol. The minimum absolute atomic E-state index is 0.0209. The first kappa shape index (κ1) is 19.7. The number of ether oxygens (including phenoxy) is 2. The molecule has 0 fully saturated rings. The quantitative estimate of drug-likeness (QED) is 0.829. The summed E-state index contributed by atoms with van der Waals surface area (Å²) in [6, 6.07) is 14.7. The van der Waals surface area contributed by atoms with E-state index in [1.807, 2.05) is 36.1 Å². The number of carbonyl (C=O) groups excluding carboxylic acids is 2. The minimum Gasteiger partial charge on any atom is -0.484 e. The summed E-state index contributed by atoms with van der Waals surface area (Å²) in [5, 5.41) is 2.84. The van der Waals surface area contributed by atoms with Crippen LogP contribution in [0.1, 0.15) is 32.8 Å². The zero-order chi connectivity index (χ0) is 20.1. The third-order valence-electron chi connectivity index (χ3n) is 4.86. The van der Waals surface area contributed by atoms with Crippen molar-refractivity contribution >= 4 is 17.5 Å². The molecular formula is C22H26N2O4. The van der Waals surface area contributed by atoms with Gasteiger partial charge in [0, 0.05) is 23.8 Å². The molecule has 1 aliphatic rings. The molecular weight excluding hydrogens is 356 g/mol. The van der Waals surface area contributed by atoms with Crippen molar-refractivity contribution < 1.29 is 19.1 Å². The molecule has 2 atom stereocenters. The minimum atomic E-state index is -0.532. The highest BCUT2D eigenvalue weighted by Gasteiger charge is 2.30. The highest BCUT2D eigenvalue weighted by atomic mass is 16.5. The molecule has 6 nitrogen and oxygen atoms in total. The Morgan fingerprint density at radius 3 is 2.75 bits per heavy atom. The Morgan fingerprint density at radius 2 is 2.04 bits per heavy atom. The van der Waals surface area contributed by atoms with Gasteiger partial charge in [0.25, 0.3) is 11.8 Å². The van der Waals surface area contributed by atoms with Crippen molar-refractivity contribution in [2.45, 2.75) is 45.9 Å². The van der Waals surface area contributed by atoms with Gasteiger partial charge in [-0.05, 0) is 50.6 Å². The summed E-state index contributed by atoms with van der Waals surface area (Å²) in [6.45, 7) is 6.23. The molecule has 0 aliphatic carbocycles. The van der Waals surface area contributed by atoms with Crippen molar-refractivity contribution in [2.75, 3.05) is 11.9 Å². The SMILES string of the molecule is CC[C@@H](C)N1Cc2cc(NC(=O)COc3ccccc3)ccc2O[C@@H](C)C1=O. The molecule has 0 unspecified atom stereocenters. The van der Waals surface area contributed by atoms with Gasteiger partial charge in [0.05, 0.1) is 0 Å². The van der Waals surface area contributed by atoms with Crippen LogP contribution in [0.15, 0.2) is 48.5 Å². The van der Waals surface area contributed by atoms with E-state index in [1.54, 1.807) is 31.2 Å². The number of fused-ring (bicyclic) bond motifs is 1. The van der Waals surface area contributed by atoms with Gasteiger partial charge < -0.3 is 19.7 Å². The maximum Gasteiger partial charge on any atom is 0.263 e. The van der Waals surface area contributed by atoms with E-state index in [2.05, 4.69) is 12.2 Å². The summed E-state index contributed by atoms with van der Waals surface area (Å²) >= 11 is 0. The topological polar surface area (TPSA) is 67.9 Å². The van der Waals surface area contributed by atoms with E-state index >= 15 is 0 Å². The second-order valence-corrected chi connectivity index (χ2v) is 6.96. The second-order valence-electron chi connectivity index (χ2n) is 6.96. The lowest BCUT2D eigenvalue weighted by molar-refractivity contribution is -0.139. The molecule has 0 saturated carbocycles. The summed E-state index contributed by atoms with van der Waals surface area (Å²) in [5.41, 5.74) is 1.52. The van der Waals surface area contributed by atoms with Crippen LogP contribution in [0.3, 0.4) is 0 Å². The molecule has 3 rings (SSSR count). The first-order valence-corrected chi connectivity index (χ1v) is 9.55. The van der Waals surface area contributed by atoms with Crippen LogP contribution < -0.4 is 14.8 Å². The van der Waals surface area contributed by atoms with Crippen LogP contribution in [-0.2, 0) is 16.1 Å². The van der Waals surface area contributed by atoms with Crippen molar-refractivity contribution in [1.29, 1.82) is 0 Å². The number of hydrogen-bond donors (Lipinski definition) is 1. The van der Waals surface area contributed by atoms with Crippen LogP contribution in [0.25, 0.3) is 0 Å². The lowest BCUT2D eigenvalue weighted by Crippen LogP contribution is -2.42. The van der Waals surface area contributed by atoms with Gasteiger partial charge in [-0.2, -0.15) is 0 Å². The normalized spacial score (nSPS) is 17.2. The van der Waals surface area contributed by atoms with Crippen molar-refractivity contribution in [3.63, 3.8) is 0 Å². The Balaban J connectivity index is 1.70. The van der Waals surface area contributed by atoms with Gasteiger partial charge in [0.1, 0.15) is 11.5 Å². The number of nitrogens with zero attached hydrogens (tertiary/aromatic N) is 1. The van der Waals surface area contributed by atoms with E-state index < -0.39 is 6.10 Å². The van der Waals surface area contributed by atoms with Crippen LogP contribution in [0.5, 0.6) is 11.5 Å². The first-order valence-electron chi connectivity index (χ1n) is 9.55. The molecule has 2 aromatic rings. The molecule has 0 radical (unpaired) electrons. The van der Waals surface area contributed by atoms with E-state index in [9.17, 15) is 9.59 Å². The van der Waals surface area contributed by atoms with Gasteiger partial charge in [0.15, 0.2) is 12.7 Å². The highest BCUT2D eigenvalue weighted by molar-refractivity contribution is 5.92. The van der Waals surface area contributed by atoms with E-state index in [1.165, 1.54) is 0 Å². The number of nitrogens with one attached hydrogen (secondary N) is 1. The lowest BCUT2D eigenvalue weighted by atomic mass is 10.1. The van der Waals surface area contributed by atoms with Gasteiger partial charge in [-0.15, -0.1) is 0 Å². The predicted molar refractivity (Wildman–Crippen MR) is 107 cm³/mol. The van der Waals surface area contributed by atoms with Gasteiger partial charge in [-0.3, -0.25) is 9.59 Å². The molecule has 28 heavy (non-hydrogen) atoms. The van der Waals surface area contributed by atoms with E-state index in [4.69, 9.17) is 9.47 Å². The van der Waals surface area contributed by atoms with Crippen molar-refractivity contribution in [2.24, 2.45) is 0 Å². The Morgan fingerprint density at radius 1 is 1.29 bits per heavy atom. The monoisotopic (exact) mass is 382 g/mol. The molecule has 1 heterocycles.